The smallest absolute Gasteiger partial charge is 0.0636 e. The zero-order chi connectivity index (χ0) is 12.0. The van der Waals surface area contributed by atoms with Crippen LogP contribution >= 0.6 is 0 Å². The molecule has 0 spiro atoms. The summed E-state index contributed by atoms with van der Waals surface area (Å²) in [4.78, 5) is 0. The second-order valence-electron chi connectivity index (χ2n) is 4.16. The Morgan fingerprint density at radius 1 is 1.38 bits per heavy atom. The third-order valence-electron chi connectivity index (χ3n) is 2.73. The number of hydrogen-bond donors (Lipinski definition) is 2. The molecule has 3 nitrogen and oxygen atoms in total. The molecular formula is C13H22N2O. The van der Waals surface area contributed by atoms with Gasteiger partial charge in [0.1, 0.15) is 0 Å². The van der Waals surface area contributed by atoms with E-state index in [1.165, 1.54) is 16.7 Å². The van der Waals surface area contributed by atoms with Crippen LogP contribution < -0.4 is 11.3 Å². The molecule has 0 aliphatic heterocycles. The lowest BCUT2D eigenvalue weighted by Gasteiger charge is -2.17. The molecule has 3 heteroatoms. The highest BCUT2D eigenvalue weighted by atomic mass is 16.5. The van der Waals surface area contributed by atoms with Crippen LogP contribution in [0.4, 0.5) is 0 Å². The summed E-state index contributed by atoms with van der Waals surface area (Å²) >= 11 is 0. The fourth-order valence-corrected chi connectivity index (χ4v) is 1.71. The minimum Gasteiger partial charge on any atom is -0.380 e. The van der Waals surface area contributed by atoms with Gasteiger partial charge in [-0.1, -0.05) is 23.8 Å². The summed E-state index contributed by atoms with van der Waals surface area (Å²) < 4.78 is 5.39. The fourth-order valence-electron chi connectivity index (χ4n) is 1.71. The van der Waals surface area contributed by atoms with Gasteiger partial charge in [0.2, 0.25) is 0 Å². The van der Waals surface area contributed by atoms with Gasteiger partial charge in [-0.2, -0.15) is 0 Å². The van der Waals surface area contributed by atoms with E-state index in [2.05, 4.69) is 37.5 Å². The van der Waals surface area contributed by atoms with Gasteiger partial charge in [0.05, 0.1) is 6.61 Å². The van der Waals surface area contributed by atoms with Crippen molar-refractivity contribution in [1.82, 2.24) is 5.43 Å². The van der Waals surface area contributed by atoms with Crippen molar-refractivity contribution in [3.05, 3.63) is 34.9 Å². The molecule has 0 saturated carbocycles. The number of rotatable bonds is 6. The highest BCUT2D eigenvalue weighted by Gasteiger charge is 2.09. The highest BCUT2D eigenvalue weighted by Crippen LogP contribution is 2.12. The van der Waals surface area contributed by atoms with Gasteiger partial charge in [0, 0.05) is 12.6 Å². The van der Waals surface area contributed by atoms with Gasteiger partial charge in [-0.25, -0.2) is 0 Å². The van der Waals surface area contributed by atoms with Crippen LogP contribution in [0.5, 0.6) is 0 Å². The normalized spacial score (nSPS) is 12.8. The molecule has 0 aliphatic carbocycles. The van der Waals surface area contributed by atoms with Crippen molar-refractivity contribution in [1.29, 1.82) is 0 Å². The van der Waals surface area contributed by atoms with Crippen molar-refractivity contribution in [3.63, 3.8) is 0 Å². The summed E-state index contributed by atoms with van der Waals surface area (Å²) in [6.45, 7) is 7.61. The molecule has 1 unspecified atom stereocenters. The predicted molar refractivity (Wildman–Crippen MR) is 67.2 cm³/mol. The maximum Gasteiger partial charge on any atom is 0.0636 e. The molecule has 0 fully saturated rings. The maximum absolute atomic E-state index is 5.52. The van der Waals surface area contributed by atoms with Gasteiger partial charge in [-0.15, -0.1) is 0 Å². The van der Waals surface area contributed by atoms with Crippen LogP contribution in [0.2, 0.25) is 0 Å². The van der Waals surface area contributed by atoms with Crippen LogP contribution in [0.25, 0.3) is 0 Å². The van der Waals surface area contributed by atoms with Crippen LogP contribution in [0.15, 0.2) is 18.2 Å². The molecule has 1 rings (SSSR count). The second kappa shape index (κ2) is 6.63. The number of benzene rings is 1. The van der Waals surface area contributed by atoms with Gasteiger partial charge in [0.15, 0.2) is 0 Å². The van der Waals surface area contributed by atoms with Crippen molar-refractivity contribution in [2.45, 2.75) is 33.2 Å². The van der Waals surface area contributed by atoms with Gasteiger partial charge >= 0.3 is 0 Å². The SMILES string of the molecule is CCOCC(Cc1cc(C)ccc1C)NN. The van der Waals surface area contributed by atoms with Crippen molar-refractivity contribution >= 4 is 0 Å². The summed E-state index contributed by atoms with van der Waals surface area (Å²) in [5.41, 5.74) is 6.74. The first kappa shape index (κ1) is 13.2. The summed E-state index contributed by atoms with van der Waals surface area (Å²) in [6, 6.07) is 6.68. The van der Waals surface area contributed by atoms with E-state index in [4.69, 9.17) is 10.6 Å². The van der Waals surface area contributed by atoms with Gasteiger partial charge < -0.3 is 4.74 Å². The van der Waals surface area contributed by atoms with E-state index in [0.717, 1.165) is 13.0 Å². The molecule has 3 N–H and O–H groups in total. The Kier molecular flexibility index (Phi) is 5.46. The third-order valence-corrected chi connectivity index (χ3v) is 2.73. The summed E-state index contributed by atoms with van der Waals surface area (Å²) in [5, 5.41) is 0. The summed E-state index contributed by atoms with van der Waals surface area (Å²) in [5.74, 6) is 5.52. The number of nitrogens with one attached hydrogen (secondary N) is 1. The van der Waals surface area contributed by atoms with Crippen molar-refractivity contribution < 1.29 is 4.74 Å². The largest absolute Gasteiger partial charge is 0.380 e. The lowest BCUT2D eigenvalue weighted by Crippen LogP contribution is -2.40. The molecule has 0 bridgehead atoms. The van der Waals surface area contributed by atoms with Crippen LogP contribution in [0.1, 0.15) is 23.6 Å². The van der Waals surface area contributed by atoms with E-state index in [0.29, 0.717) is 6.61 Å². The average Bonchev–Trinajstić information content (AvgIpc) is 2.28. The van der Waals surface area contributed by atoms with Crippen molar-refractivity contribution in [2.24, 2.45) is 5.84 Å². The summed E-state index contributed by atoms with van der Waals surface area (Å²) in [6.07, 6.45) is 0.907. The molecule has 90 valence electrons. The van der Waals surface area contributed by atoms with Crippen LogP contribution in [0, 0.1) is 13.8 Å². The van der Waals surface area contributed by atoms with Gasteiger partial charge in [0.25, 0.3) is 0 Å². The standard InChI is InChI=1S/C13H22N2O/c1-4-16-9-13(15-14)8-12-7-10(2)5-6-11(12)3/h5-7,13,15H,4,8-9,14H2,1-3H3. The first-order valence-electron chi connectivity index (χ1n) is 5.77. The van der Waals surface area contributed by atoms with Crippen molar-refractivity contribution in [2.75, 3.05) is 13.2 Å². The predicted octanol–water partition coefficient (Wildman–Crippen LogP) is 1.71. The summed E-state index contributed by atoms with van der Waals surface area (Å²) in [7, 11) is 0. The van der Waals surface area contributed by atoms with E-state index in [-0.39, 0.29) is 6.04 Å². The molecule has 1 aromatic rings. The number of aryl methyl sites for hydroxylation is 2. The first-order valence-corrected chi connectivity index (χ1v) is 5.77. The molecule has 0 heterocycles. The molecular weight excluding hydrogens is 200 g/mol. The van der Waals surface area contributed by atoms with E-state index >= 15 is 0 Å². The molecule has 0 radical (unpaired) electrons. The van der Waals surface area contributed by atoms with E-state index in [9.17, 15) is 0 Å². The maximum atomic E-state index is 5.52. The minimum absolute atomic E-state index is 0.181. The fraction of sp³-hybridized carbons (Fsp3) is 0.538. The lowest BCUT2D eigenvalue weighted by atomic mass is 9.99. The zero-order valence-electron chi connectivity index (χ0n) is 10.4. The monoisotopic (exact) mass is 222 g/mol. The van der Waals surface area contributed by atoms with E-state index in [1.54, 1.807) is 0 Å². The van der Waals surface area contributed by atoms with Crippen molar-refractivity contribution in [3.8, 4) is 0 Å². The lowest BCUT2D eigenvalue weighted by molar-refractivity contribution is 0.123. The quantitative estimate of drug-likeness (QED) is 0.569. The Hall–Kier alpha value is -0.900. The van der Waals surface area contributed by atoms with Crippen LogP contribution in [-0.2, 0) is 11.2 Å². The Labute approximate surface area is 98.0 Å². The van der Waals surface area contributed by atoms with Gasteiger partial charge in [-0.3, -0.25) is 11.3 Å². The zero-order valence-corrected chi connectivity index (χ0v) is 10.4. The number of hydrogen-bond acceptors (Lipinski definition) is 3. The first-order chi connectivity index (χ1) is 7.67. The number of nitrogens with two attached hydrogens (primary N) is 1. The topological polar surface area (TPSA) is 47.3 Å². The minimum atomic E-state index is 0.181. The molecule has 0 aliphatic rings. The molecule has 1 aromatic carbocycles. The molecule has 0 amide bonds. The Morgan fingerprint density at radius 3 is 2.75 bits per heavy atom. The van der Waals surface area contributed by atoms with E-state index in [1.807, 2.05) is 6.92 Å². The Morgan fingerprint density at radius 2 is 2.12 bits per heavy atom. The average molecular weight is 222 g/mol. The Balaban J connectivity index is 2.65. The molecule has 0 saturated heterocycles. The number of ether oxygens (including phenoxy) is 1. The highest BCUT2D eigenvalue weighted by molar-refractivity contribution is 5.31. The molecule has 0 aromatic heterocycles. The molecule has 16 heavy (non-hydrogen) atoms. The van der Waals surface area contributed by atoms with Gasteiger partial charge in [-0.05, 0) is 38.3 Å². The van der Waals surface area contributed by atoms with Crippen LogP contribution in [0.3, 0.4) is 0 Å². The number of hydrazine groups is 1. The van der Waals surface area contributed by atoms with E-state index < -0.39 is 0 Å². The third kappa shape index (κ3) is 3.93. The second-order valence-corrected chi connectivity index (χ2v) is 4.16. The van der Waals surface area contributed by atoms with Crippen LogP contribution in [-0.4, -0.2) is 19.3 Å². The Bertz CT molecular complexity index is 326. The molecule has 1 atom stereocenters.